The Morgan fingerprint density at radius 3 is 2.91 bits per heavy atom. The van der Waals surface area contributed by atoms with Gasteiger partial charge in [-0.2, -0.15) is 0 Å². The number of hydrogen-bond acceptors (Lipinski definition) is 6. The summed E-state index contributed by atoms with van der Waals surface area (Å²) in [4.78, 5) is 19.7. The first kappa shape index (κ1) is 15.2. The molecule has 0 aromatic carbocycles. The van der Waals surface area contributed by atoms with E-state index in [1.54, 1.807) is 19.4 Å². The molecule has 1 fully saturated rings. The molecule has 2 atom stereocenters. The monoisotopic (exact) mass is 322 g/mol. The second-order valence-electron chi connectivity index (χ2n) is 5.73. The van der Waals surface area contributed by atoms with Gasteiger partial charge in [-0.1, -0.05) is 24.6 Å². The van der Waals surface area contributed by atoms with E-state index in [1.807, 2.05) is 13.0 Å². The Balaban J connectivity index is 1.89. The molecular weight excluding hydrogens is 304 g/mol. The number of nitroso groups, excluding NO2 is 1. The zero-order chi connectivity index (χ0) is 15.7. The van der Waals surface area contributed by atoms with Crippen molar-refractivity contribution in [2.24, 2.45) is 11.1 Å². The molecule has 1 aromatic rings. The molecule has 22 heavy (non-hydrogen) atoms. The van der Waals surface area contributed by atoms with Gasteiger partial charge in [0.1, 0.15) is 22.9 Å². The van der Waals surface area contributed by atoms with Gasteiger partial charge in [-0.05, 0) is 16.8 Å². The summed E-state index contributed by atoms with van der Waals surface area (Å²) < 4.78 is 5.57. The minimum atomic E-state index is 0.00356. The van der Waals surface area contributed by atoms with Crippen LogP contribution in [0.15, 0.2) is 35.0 Å². The predicted octanol–water partition coefficient (Wildman–Crippen LogP) is 2.80. The molecule has 2 aliphatic rings. The molecule has 7 heteroatoms. The Labute approximate surface area is 134 Å². The van der Waals surface area contributed by atoms with Gasteiger partial charge >= 0.3 is 0 Å². The van der Waals surface area contributed by atoms with Gasteiger partial charge < -0.3 is 14.5 Å². The van der Waals surface area contributed by atoms with E-state index >= 15 is 0 Å². The van der Waals surface area contributed by atoms with Crippen molar-refractivity contribution in [2.45, 2.75) is 26.1 Å². The highest BCUT2D eigenvalue weighted by Crippen LogP contribution is 2.37. The normalized spacial score (nSPS) is 24.7. The minimum absolute atomic E-state index is 0.00356. The van der Waals surface area contributed by atoms with Gasteiger partial charge in [-0.3, -0.25) is 0 Å². The third kappa shape index (κ3) is 2.68. The van der Waals surface area contributed by atoms with E-state index in [0.29, 0.717) is 17.4 Å². The summed E-state index contributed by atoms with van der Waals surface area (Å²) >= 11 is 5.83. The average Bonchev–Trinajstić information content (AvgIpc) is 2.93. The van der Waals surface area contributed by atoms with Crippen molar-refractivity contribution in [3.8, 4) is 0 Å². The van der Waals surface area contributed by atoms with E-state index in [4.69, 9.17) is 16.3 Å². The Morgan fingerprint density at radius 2 is 2.27 bits per heavy atom. The number of pyridine rings is 1. The maximum atomic E-state index is 11.3. The second kappa shape index (κ2) is 6.22. The van der Waals surface area contributed by atoms with Crippen molar-refractivity contribution in [3.05, 3.63) is 45.5 Å². The Bertz CT molecular complexity index is 590. The summed E-state index contributed by atoms with van der Waals surface area (Å²) in [6, 6.07) is 3.73. The summed E-state index contributed by atoms with van der Waals surface area (Å²) in [7, 11) is 1.71. The minimum Gasteiger partial charge on any atom is -0.362 e. The number of nitrogens with zero attached hydrogens (tertiary/aromatic N) is 4. The number of methoxy groups -OCH3 is 1. The van der Waals surface area contributed by atoms with Crippen molar-refractivity contribution < 1.29 is 4.74 Å². The van der Waals surface area contributed by atoms with Crippen LogP contribution in [0.2, 0.25) is 5.15 Å². The third-order valence-corrected chi connectivity index (χ3v) is 4.54. The highest BCUT2D eigenvalue weighted by molar-refractivity contribution is 6.29. The van der Waals surface area contributed by atoms with Crippen LogP contribution in [0.1, 0.15) is 18.9 Å². The van der Waals surface area contributed by atoms with Crippen LogP contribution in [0.5, 0.6) is 0 Å². The lowest BCUT2D eigenvalue weighted by molar-refractivity contribution is -0.0304. The fraction of sp³-hybridized carbons (Fsp3) is 0.533. The lowest BCUT2D eigenvalue weighted by atomic mass is 9.98. The number of hydrogen-bond donors (Lipinski definition) is 0. The van der Waals surface area contributed by atoms with Crippen LogP contribution >= 0.6 is 11.6 Å². The standard InChI is InChI=1S/C15H19ClN4O2/c1-10-7-13(22-2)20-6-5-19(15(20)14(10)18-21)9-11-3-4-12(16)17-8-11/h3-4,8,10,13H,5-7,9H2,1-2H3. The molecule has 1 aromatic heterocycles. The highest BCUT2D eigenvalue weighted by atomic mass is 35.5. The number of rotatable bonds is 4. The van der Waals surface area contributed by atoms with E-state index in [0.717, 1.165) is 30.9 Å². The van der Waals surface area contributed by atoms with Crippen LogP contribution in [0, 0.1) is 10.8 Å². The van der Waals surface area contributed by atoms with E-state index in [9.17, 15) is 4.91 Å². The van der Waals surface area contributed by atoms with Gasteiger partial charge in [-0.25, -0.2) is 4.98 Å². The van der Waals surface area contributed by atoms with Gasteiger partial charge in [0.15, 0.2) is 0 Å². The number of allylic oxidation sites excluding steroid dienone is 1. The van der Waals surface area contributed by atoms with E-state index in [-0.39, 0.29) is 12.1 Å². The molecule has 2 unspecified atom stereocenters. The maximum Gasteiger partial charge on any atom is 0.132 e. The summed E-state index contributed by atoms with van der Waals surface area (Å²) in [6.07, 6.45) is 2.56. The van der Waals surface area contributed by atoms with Gasteiger partial charge in [-0.15, -0.1) is 4.91 Å². The second-order valence-corrected chi connectivity index (χ2v) is 6.12. The molecule has 3 heterocycles. The van der Waals surface area contributed by atoms with Crippen LogP contribution in [0.25, 0.3) is 0 Å². The van der Waals surface area contributed by atoms with Crippen molar-refractivity contribution in [1.29, 1.82) is 0 Å². The molecule has 0 radical (unpaired) electrons. The van der Waals surface area contributed by atoms with Crippen molar-refractivity contribution in [2.75, 3.05) is 20.2 Å². The number of aromatic nitrogens is 1. The zero-order valence-corrected chi connectivity index (χ0v) is 13.5. The summed E-state index contributed by atoms with van der Waals surface area (Å²) in [6.45, 7) is 4.37. The van der Waals surface area contributed by atoms with Crippen molar-refractivity contribution >= 4 is 11.6 Å². The number of fused-ring (bicyclic) bond motifs is 1. The van der Waals surface area contributed by atoms with Gasteiger partial charge in [0.05, 0.1) is 0 Å². The first-order valence-corrected chi connectivity index (χ1v) is 7.74. The lowest BCUT2D eigenvalue weighted by Gasteiger charge is -2.37. The largest absolute Gasteiger partial charge is 0.362 e. The van der Waals surface area contributed by atoms with Gasteiger partial charge in [0.2, 0.25) is 0 Å². The van der Waals surface area contributed by atoms with Crippen molar-refractivity contribution in [3.63, 3.8) is 0 Å². The summed E-state index contributed by atoms with van der Waals surface area (Å²) in [5, 5.41) is 3.78. The predicted molar refractivity (Wildman–Crippen MR) is 83.8 cm³/mol. The van der Waals surface area contributed by atoms with E-state index < -0.39 is 0 Å². The molecule has 6 nitrogen and oxygen atoms in total. The molecular formula is C15H19ClN4O2. The summed E-state index contributed by atoms with van der Waals surface area (Å²) in [5.41, 5.74) is 1.67. The summed E-state index contributed by atoms with van der Waals surface area (Å²) in [5.74, 6) is 0.994. The van der Waals surface area contributed by atoms with Crippen LogP contribution in [0.4, 0.5) is 0 Å². The molecule has 0 N–H and O–H groups in total. The van der Waals surface area contributed by atoms with Crippen LogP contribution in [-0.4, -0.2) is 41.2 Å². The molecule has 3 rings (SSSR count). The topological polar surface area (TPSA) is 58.0 Å². The Hall–Kier alpha value is -1.66. The lowest BCUT2D eigenvalue weighted by Crippen LogP contribution is -2.41. The van der Waals surface area contributed by atoms with Gasteiger partial charge in [0.25, 0.3) is 0 Å². The molecule has 0 saturated carbocycles. The number of halogens is 1. The molecule has 0 amide bonds. The first-order chi connectivity index (χ1) is 10.6. The zero-order valence-electron chi connectivity index (χ0n) is 12.7. The van der Waals surface area contributed by atoms with Gasteiger partial charge in [0, 0.05) is 45.3 Å². The molecule has 0 bridgehead atoms. The Kier molecular flexibility index (Phi) is 4.31. The van der Waals surface area contributed by atoms with E-state index in [2.05, 4.69) is 20.0 Å². The average molecular weight is 323 g/mol. The number of ether oxygens (including phenoxy) is 1. The SMILES string of the molecule is COC1CC(C)C(N=O)=C2N(Cc3ccc(Cl)nc3)CCN21. The Morgan fingerprint density at radius 1 is 1.45 bits per heavy atom. The highest BCUT2D eigenvalue weighted by Gasteiger charge is 2.40. The molecule has 118 valence electrons. The fourth-order valence-electron chi connectivity index (χ4n) is 3.20. The van der Waals surface area contributed by atoms with Crippen LogP contribution in [0.3, 0.4) is 0 Å². The molecule has 0 spiro atoms. The smallest absolute Gasteiger partial charge is 0.132 e. The third-order valence-electron chi connectivity index (χ3n) is 4.31. The van der Waals surface area contributed by atoms with Crippen molar-refractivity contribution in [1.82, 2.24) is 14.8 Å². The molecule has 0 aliphatic carbocycles. The van der Waals surface area contributed by atoms with E-state index in [1.165, 1.54) is 0 Å². The van der Waals surface area contributed by atoms with Crippen LogP contribution < -0.4 is 0 Å². The maximum absolute atomic E-state index is 11.3. The van der Waals surface area contributed by atoms with Crippen LogP contribution in [-0.2, 0) is 11.3 Å². The fourth-order valence-corrected chi connectivity index (χ4v) is 3.31. The first-order valence-electron chi connectivity index (χ1n) is 7.36. The molecule has 1 saturated heterocycles. The molecule has 2 aliphatic heterocycles. The quantitative estimate of drug-likeness (QED) is 0.630.